The molecule has 0 bridgehead atoms. The summed E-state index contributed by atoms with van der Waals surface area (Å²) in [4.78, 5) is 8.85. The average molecular weight is 272 g/mol. The smallest absolute Gasteiger partial charge is 0.101 e. The molecule has 0 unspecified atom stereocenters. The molecule has 0 spiro atoms. The molecule has 1 aliphatic heterocycles. The van der Waals surface area contributed by atoms with Gasteiger partial charge in [0.05, 0.1) is 12.2 Å². The lowest BCUT2D eigenvalue weighted by Crippen LogP contribution is -2.20. The second kappa shape index (κ2) is 5.41. The summed E-state index contributed by atoms with van der Waals surface area (Å²) in [5, 5.41) is 4.02. The summed E-state index contributed by atoms with van der Waals surface area (Å²) in [6.45, 7) is 1.80. The largest absolute Gasteiger partial charge is 0.372 e. The summed E-state index contributed by atoms with van der Waals surface area (Å²) in [6.07, 6.45) is 2.59. The van der Waals surface area contributed by atoms with E-state index >= 15 is 0 Å². The third-order valence-electron chi connectivity index (χ3n) is 3.11. The summed E-state index contributed by atoms with van der Waals surface area (Å²) in [7, 11) is 0. The van der Waals surface area contributed by atoms with Crippen LogP contribution in [0.2, 0.25) is 5.02 Å². The van der Waals surface area contributed by atoms with E-state index in [1.165, 1.54) is 5.56 Å². The molecule has 2 heterocycles. The predicted molar refractivity (Wildman–Crippen MR) is 78.7 cm³/mol. The fraction of sp³-hybridized carbons (Fsp3) is 0.200. The van der Waals surface area contributed by atoms with Crippen molar-refractivity contribution in [2.24, 2.45) is 4.99 Å². The van der Waals surface area contributed by atoms with Crippen molar-refractivity contribution in [3.8, 4) is 11.3 Å². The Morgan fingerprint density at radius 3 is 2.89 bits per heavy atom. The third-order valence-corrected chi connectivity index (χ3v) is 3.35. The second-order valence-electron chi connectivity index (χ2n) is 4.45. The van der Waals surface area contributed by atoms with Gasteiger partial charge in [0.25, 0.3) is 0 Å². The van der Waals surface area contributed by atoms with E-state index in [2.05, 4.69) is 21.4 Å². The Bertz CT molecular complexity index is 608. The Labute approximate surface area is 117 Å². The van der Waals surface area contributed by atoms with Crippen LogP contribution in [-0.2, 0) is 6.42 Å². The van der Waals surface area contributed by atoms with Gasteiger partial charge in [0.1, 0.15) is 5.84 Å². The number of nitrogens with zero attached hydrogens (tertiary/aromatic N) is 2. The Hall–Kier alpha value is -1.87. The normalized spacial score (nSPS) is 14.1. The maximum absolute atomic E-state index is 6.11. The second-order valence-corrected chi connectivity index (χ2v) is 4.88. The lowest BCUT2D eigenvalue weighted by Gasteiger charge is -2.10. The van der Waals surface area contributed by atoms with Crippen LogP contribution in [0.4, 0.5) is 0 Å². The van der Waals surface area contributed by atoms with Gasteiger partial charge in [0.2, 0.25) is 0 Å². The molecule has 0 amide bonds. The van der Waals surface area contributed by atoms with Gasteiger partial charge in [0, 0.05) is 29.7 Å². The summed E-state index contributed by atoms with van der Waals surface area (Å²) in [5.41, 5.74) is 3.21. The van der Waals surface area contributed by atoms with Gasteiger partial charge in [-0.05, 0) is 29.8 Å². The van der Waals surface area contributed by atoms with Gasteiger partial charge in [-0.3, -0.25) is 9.98 Å². The molecule has 1 aliphatic rings. The van der Waals surface area contributed by atoms with Crippen molar-refractivity contribution in [2.75, 3.05) is 13.1 Å². The number of pyridine rings is 1. The zero-order chi connectivity index (χ0) is 13.1. The van der Waals surface area contributed by atoms with Gasteiger partial charge < -0.3 is 5.32 Å². The highest BCUT2D eigenvalue weighted by atomic mass is 35.5. The number of aromatic nitrogens is 1. The predicted octanol–water partition coefficient (Wildman–Crippen LogP) is 2.95. The topological polar surface area (TPSA) is 37.3 Å². The molecular formula is C15H14ClN3. The lowest BCUT2D eigenvalue weighted by molar-refractivity contribution is 0.953. The highest BCUT2D eigenvalue weighted by Crippen LogP contribution is 2.26. The SMILES string of the molecule is Clc1ccc(CC2=NCCN2)c(-c2ccccn2)c1. The molecule has 0 aliphatic carbocycles. The Morgan fingerprint density at radius 2 is 2.16 bits per heavy atom. The van der Waals surface area contributed by atoms with Crippen LogP contribution in [0.25, 0.3) is 11.3 Å². The van der Waals surface area contributed by atoms with Crippen molar-refractivity contribution in [1.29, 1.82) is 0 Å². The molecule has 0 atom stereocenters. The number of rotatable bonds is 3. The molecule has 96 valence electrons. The maximum atomic E-state index is 6.11. The minimum Gasteiger partial charge on any atom is -0.372 e. The highest BCUT2D eigenvalue weighted by molar-refractivity contribution is 6.30. The fourth-order valence-corrected chi connectivity index (χ4v) is 2.38. The van der Waals surface area contributed by atoms with Gasteiger partial charge >= 0.3 is 0 Å². The number of amidine groups is 1. The molecule has 1 aromatic carbocycles. The zero-order valence-corrected chi connectivity index (χ0v) is 11.2. The summed E-state index contributed by atoms with van der Waals surface area (Å²) < 4.78 is 0. The minimum atomic E-state index is 0.728. The number of aliphatic imine (C=N–C) groups is 1. The van der Waals surface area contributed by atoms with E-state index in [4.69, 9.17) is 11.6 Å². The number of halogens is 1. The van der Waals surface area contributed by atoms with Crippen molar-refractivity contribution in [1.82, 2.24) is 10.3 Å². The van der Waals surface area contributed by atoms with Gasteiger partial charge in [-0.2, -0.15) is 0 Å². The summed E-state index contributed by atoms with van der Waals surface area (Å²) in [5.74, 6) is 1.04. The first kappa shape index (κ1) is 12.2. The van der Waals surface area contributed by atoms with Crippen LogP contribution in [-0.4, -0.2) is 23.9 Å². The van der Waals surface area contributed by atoms with Crippen molar-refractivity contribution in [3.05, 3.63) is 53.2 Å². The molecule has 3 nitrogen and oxygen atoms in total. The van der Waals surface area contributed by atoms with Crippen molar-refractivity contribution < 1.29 is 0 Å². The Kier molecular flexibility index (Phi) is 3.47. The molecule has 1 N–H and O–H groups in total. The molecule has 0 fully saturated rings. The summed E-state index contributed by atoms with van der Waals surface area (Å²) in [6, 6.07) is 11.8. The molecule has 19 heavy (non-hydrogen) atoms. The van der Waals surface area contributed by atoms with Gasteiger partial charge in [-0.1, -0.05) is 23.7 Å². The van der Waals surface area contributed by atoms with E-state index in [-0.39, 0.29) is 0 Å². The molecule has 0 saturated heterocycles. The highest BCUT2D eigenvalue weighted by Gasteiger charge is 2.11. The fourth-order valence-electron chi connectivity index (χ4n) is 2.21. The van der Waals surface area contributed by atoms with Gasteiger partial charge in [0.15, 0.2) is 0 Å². The van der Waals surface area contributed by atoms with E-state index in [0.29, 0.717) is 0 Å². The number of hydrogen-bond donors (Lipinski definition) is 1. The van der Waals surface area contributed by atoms with Crippen LogP contribution in [0.1, 0.15) is 5.56 Å². The standard InChI is InChI=1S/C15H14ClN3/c16-12-5-4-11(9-15-18-7-8-19-15)13(10-12)14-3-1-2-6-17-14/h1-6,10H,7-9H2,(H,18,19). The molecular weight excluding hydrogens is 258 g/mol. The lowest BCUT2D eigenvalue weighted by atomic mass is 10.0. The van der Waals surface area contributed by atoms with Crippen molar-refractivity contribution in [2.45, 2.75) is 6.42 Å². The van der Waals surface area contributed by atoms with Crippen LogP contribution >= 0.6 is 11.6 Å². The van der Waals surface area contributed by atoms with E-state index in [9.17, 15) is 0 Å². The van der Waals surface area contributed by atoms with Crippen LogP contribution in [0, 0.1) is 0 Å². The zero-order valence-electron chi connectivity index (χ0n) is 10.4. The molecule has 2 aromatic rings. The van der Waals surface area contributed by atoms with Crippen molar-refractivity contribution in [3.63, 3.8) is 0 Å². The number of nitrogens with one attached hydrogen (secondary N) is 1. The van der Waals surface area contributed by atoms with Crippen LogP contribution in [0.3, 0.4) is 0 Å². The van der Waals surface area contributed by atoms with Crippen LogP contribution < -0.4 is 5.32 Å². The van der Waals surface area contributed by atoms with E-state index in [0.717, 1.165) is 41.6 Å². The molecule has 4 heteroatoms. The monoisotopic (exact) mass is 271 g/mol. The first-order chi connectivity index (χ1) is 9.33. The molecule has 0 radical (unpaired) electrons. The molecule has 3 rings (SSSR count). The minimum absolute atomic E-state index is 0.728. The van der Waals surface area contributed by atoms with Gasteiger partial charge in [-0.15, -0.1) is 0 Å². The van der Waals surface area contributed by atoms with Gasteiger partial charge in [-0.25, -0.2) is 0 Å². The summed E-state index contributed by atoms with van der Waals surface area (Å²) >= 11 is 6.11. The molecule has 0 saturated carbocycles. The first-order valence-corrected chi connectivity index (χ1v) is 6.68. The van der Waals surface area contributed by atoms with Crippen LogP contribution in [0.15, 0.2) is 47.6 Å². The van der Waals surface area contributed by atoms with Crippen molar-refractivity contribution >= 4 is 17.4 Å². The van der Waals surface area contributed by atoms with E-state index < -0.39 is 0 Å². The number of benzene rings is 1. The first-order valence-electron chi connectivity index (χ1n) is 6.30. The quantitative estimate of drug-likeness (QED) is 0.932. The molecule has 1 aromatic heterocycles. The average Bonchev–Trinajstić information content (AvgIpc) is 2.95. The van der Waals surface area contributed by atoms with Crippen LogP contribution in [0.5, 0.6) is 0 Å². The van der Waals surface area contributed by atoms with E-state index in [1.807, 2.05) is 30.3 Å². The Morgan fingerprint density at radius 1 is 1.21 bits per heavy atom. The number of hydrogen-bond acceptors (Lipinski definition) is 3. The Balaban J connectivity index is 1.99. The third kappa shape index (κ3) is 2.76. The maximum Gasteiger partial charge on any atom is 0.101 e. The van der Waals surface area contributed by atoms with E-state index in [1.54, 1.807) is 6.20 Å².